The SMILES string of the molecule is CC1CN(C)CCN1C(=O)c1ccc(Cl)cc1Br. The van der Waals surface area contributed by atoms with E-state index < -0.39 is 0 Å². The summed E-state index contributed by atoms with van der Waals surface area (Å²) in [6.07, 6.45) is 0. The van der Waals surface area contributed by atoms with Crippen LogP contribution < -0.4 is 0 Å². The number of nitrogens with zero attached hydrogens (tertiary/aromatic N) is 2. The van der Waals surface area contributed by atoms with Crippen LogP contribution in [0, 0.1) is 0 Å². The molecule has 1 aromatic rings. The summed E-state index contributed by atoms with van der Waals surface area (Å²) in [4.78, 5) is 16.6. The van der Waals surface area contributed by atoms with Crippen molar-refractivity contribution in [2.24, 2.45) is 0 Å². The Hall–Kier alpha value is -0.580. The molecule has 1 aromatic carbocycles. The molecular weight excluding hydrogens is 316 g/mol. The molecule has 0 radical (unpaired) electrons. The van der Waals surface area contributed by atoms with Crippen molar-refractivity contribution in [3.8, 4) is 0 Å². The maximum absolute atomic E-state index is 12.5. The molecule has 1 unspecified atom stereocenters. The van der Waals surface area contributed by atoms with Gasteiger partial charge < -0.3 is 9.80 Å². The highest BCUT2D eigenvalue weighted by molar-refractivity contribution is 9.10. The molecule has 1 heterocycles. The average Bonchev–Trinajstić information content (AvgIpc) is 2.28. The summed E-state index contributed by atoms with van der Waals surface area (Å²) in [6, 6.07) is 5.52. The number of rotatable bonds is 1. The van der Waals surface area contributed by atoms with Gasteiger partial charge in [-0.2, -0.15) is 0 Å². The number of carbonyl (C=O) groups excluding carboxylic acids is 1. The molecule has 0 spiro atoms. The number of halogens is 2. The van der Waals surface area contributed by atoms with Crippen LogP contribution in [0.3, 0.4) is 0 Å². The second-order valence-electron chi connectivity index (χ2n) is 4.73. The minimum Gasteiger partial charge on any atom is -0.333 e. The van der Waals surface area contributed by atoms with E-state index in [4.69, 9.17) is 11.6 Å². The largest absolute Gasteiger partial charge is 0.333 e. The van der Waals surface area contributed by atoms with Gasteiger partial charge in [-0.25, -0.2) is 0 Å². The van der Waals surface area contributed by atoms with Gasteiger partial charge in [-0.3, -0.25) is 4.79 Å². The minimum absolute atomic E-state index is 0.0686. The molecule has 0 saturated carbocycles. The molecule has 1 fully saturated rings. The number of amides is 1. The topological polar surface area (TPSA) is 23.6 Å². The lowest BCUT2D eigenvalue weighted by atomic mass is 10.1. The van der Waals surface area contributed by atoms with Crippen molar-refractivity contribution in [3.05, 3.63) is 33.3 Å². The van der Waals surface area contributed by atoms with Crippen molar-refractivity contribution in [1.82, 2.24) is 9.80 Å². The van der Waals surface area contributed by atoms with E-state index in [0.717, 1.165) is 24.1 Å². The van der Waals surface area contributed by atoms with E-state index in [2.05, 4.69) is 34.8 Å². The van der Waals surface area contributed by atoms with Crippen LogP contribution in [0.25, 0.3) is 0 Å². The lowest BCUT2D eigenvalue weighted by molar-refractivity contribution is 0.0532. The Morgan fingerprint density at radius 3 is 2.78 bits per heavy atom. The van der Waals surface area contributed by atoms with Crippen molar-refractivity contribution in [1.29, 1.82) is 0 Å². The van der Waals surface area contributed by atoms with Gasteiger partial charge in [0.15, 0.2) is 0 Å². The molecule has 98 valence electrons. The second kappa shape index (κ2) is 5.59. The molecular formula is C13H16BrClN2O. The third-order valence-electron chi connectivity index (χ3n) is 3.25. The van der Waals surface area contributed by atoms with E-state index in [0.29, 0.717) is 10.6 Å². The van der Waals surface area contributed by atoms with Crippen LogP contribution in [0.15, 0.2) is 22.7 Å². The molecule has 1 amide bonds. The summed E-state index contributed by atoms with van der Waals surface area (Å²) in [5, 5.41) is 0.629. The lowest BCUT2D eigenvalue weighted by Gasteiger charge is -2.38. The van der Waals surface area contributed by atoms with Crippen LogP contribution in [0.5, 0.6) is 0 Å². The summed E-state index contributed by atoms with van der Waals surface area (Å²) >= 11 is 9.30. The van der Waals surface area contributed by atoms with Gasteiger partial charge in [0.05, 0.1) is 5.56 Å². The first-order valence-corrected chi connectivity index (χ1v) is 7.10. The molecule has 0 N–H and O–H groups in total. The maximum Gasteiger partial charge on any atom is 0.255 e. The Morgan fingerprint density at radius 1 is 1.44 bits per heavy atom. The number of hydrogen-bond donors (Lipinski definition) is 0. The predicted molar refractivity (Wildman–Crippen MR) is 77.1 cm³/mol. The molecule has 1 aliphatic heterocycles. The molecule has 1 atom stereocenters. The van der Waals surface area contributed by atoms with E-state index in [1.807, 2.05) is 4.90 Å². The zero-order chi connectivity index (χ0) is 13.3. The van der Waals surface area contributed by atoms with E-state index in [9.17, 15) is 4.79 Å². The molecule has 5 heteroatoms. The molecule has 1 saturated heterocycles. The second-order valence-corrected chi connectivity index (χ2v) is 6.02. The maximum atomic E-state index is 12.5. The molecule has 0 bridgehead atoms. The van der Waals surface area contributed by atoms with Crippen LogP contribution in [-0.2, 0) is 0 Å². The standard InChI is InChI=1S/C13H16BrClN2O/c1-9-8-16(2)5-6-17(9)13(18)11-4-3-10(15)7-12(11)14/h3-4,7,9H,5-6,8H2,1-2H3. The fourth-order valence-electron chi connectivity index (χ4n) is 2.26. The van der Waals surface area contributed by atoms with E-state index in [1.54, 1.807) is 18.2 Å². The summed E-state index contributed by atoms with van der Waals surface area (Å²) < 4.78 is 0.756. The van der Waals surface area contributed by atoms with Gasteiger partial charge in [-0.15, -0.1) is 0 Å². The predicted octanol–water partition coefficient (Wildman–Crippen LogP) is 2.88. The van der Waals surface area contributed by atoms with Gasteiger partial charge >= 0.3 is 0 Å². The van der Waals surface area contributed by atoms with Crippen molar-refractivity contribution in [3.63, 3.8) is 0 Å². The first-order valence-electron chi connectivity index (χ1n) is 5.93. The van der Waals surface area contributed by atoms with Gasteiger partial charge in [0.1, 0.15) is 0 Å². The highest BCUT2D eigenvalue weighted by atomic mass is 79.9. The smallest absolute Gasteiger partial charge is 0.255 e. The van der Waals surface area contributed by atoms with Crippen molar-refractivity contribution in [2.75, 3.05) is 26.7 Å². The zero-order valence-electron chi connectivity index (χ0n) is 10.5. The van der Waals surface area contributed by atoms with Crippen LogP contribution >= 0.6 is 27.5 Å². The Morgan fingerprint density at radius 2 is 2.17 bits per heavy atom. The Labute approximate surface area is 121 Å². The Balaban J connectivity index is 2.20. The number of likely N-dealkylation sites (N-methyl/N-ethyl adjacent to an activating group) is 1. The van der Waals surface area contributed by atoms with E-state index >= 15 is 0 Å². The van der Waals surface area contributed by atoms with Crippen LogP contribution in [0.4, 0.5) is 0 Å². The van der Waals surface area contributed by atoms with Gasteiger partial charge in [0.2, 0.25) is 0 Å². The first kappa shape index (κ1) is 13.8. The van der Waals surface area contributed by atoms with Crippen molar-refractivity contribution in [2.45, 2.75) is 13.0 Å². The number of hydrogen-bond acceptors (Lipinski definition) is 2. The summed E-state index contributed by atoms with van der Waals surface area (Å²) in [6.45, 7) is 4.68. The molecule has 0 aliphatic carbocycles. The molecule has 2 rings (SSSR count). The zero-order valence-corrected chi connectivity index (χ0v) is 12.8. The van der Waals surface area contributed by atoms with E-state index in [1.165, 1.54) is 0 Å². The van der Waals surface area contributed by atoms with E-state index in [-0.39, 0.29) is 11.9 Å². The summed E-state index contributed by atoms with van der Waals surface area (Å²) in [5.41, 5.74) is 0.677. The normalized spacial score (nSPS) is 21.1. The van der Waals surface area contributed by atoms with Crippen LogP contribution in [0.2, 0.25) is 5.02 Å². The molecule has 18 heavy (non-hydrogen) atoms. The fraction of sp³-hybridized carbons (Fsp3) is 0.462. The van der Waals surface area contributed by atoms with Gasteiger partial charge in [-0.05, 0) is 48.1 Å². The Bertz CT molecular complexity index is 466. The monoisotopic (exact) mass is 330 g/mol. The summed E-state index contributed by atoms with van der Waals surface area (Å²) in [7, 11) is 2.08. The average molecular weight is 332 g/mol. The van der Waals surface area contributed by atoms with Gasteiger partial charge in [-0.1, -0.05) is 11.6 Å². The third-order valence-corrected chi connectivity index (χ3v) is 4.14. The lowest BCUT2D eigenvalue weighted by Crippen LogP contribution is -2.52. The van der Waals surface area contributed by atoms with Gasteiger partial charge in [0.25, 0.3) is 5.91 Å². The Kier molecular flexibility index (Phi) is 4.30. The third kappa shape index (κ3) is 2.87. The highest BCUT2D eigenvalue weighted by Crippen LogP contribution is 2.24. The molecule has 3 nitrogen and oxygen atoms in total. The molecule has 0 aromatic heterocycles. The van der Waals surface area contributed by atoms with Crippen molar-refractivity contribution < 1.29 is 4.79 Å². The highest BCUT2D eigenvalue weighted by Gasteiger charge is 2.27. The van der Waals surface area contributed by atoms with Crippen LogP contribution in [0.1, 0.15) is 17.3 Å². The summed E-state index contributed by atoms with van der Waals surface area (Å²) in [5.74, 6) is 0.0686. The van der Waals surface area contributed by atoms with Crippen LogP contribution in [-0.4, -0.2) is 48.4 Å². The quantitative estimate of drug-likeness (QED) is 0.790. The van der Waals surface area contributed by atoms with Gasteiger partial charge in [0, 0.05) is 35.2 Å². The number of carbonyl (C=O) groups is 1. The number of piperazine rings is 1. The number of benzene rings is 1. The first-order chi connectivity index (χ1) is 8.49. The molecule has 1 aliphatic rings. The minimum atomic E-state index is 0.0686. The van der Waals surface area contributed by atoms with Crippen molar-refractivity contribution >= 4 is 33.4 Å². The fourth-order valence-corrected chi connectivity index (χ4v) is 3.11.